The number of hydrogen-bond acceptors (Lipinski definition) is 3. The molecule has 0 fully saturated rings. The van der Waals surface area contributed by atoms with Gasteiger partial charge in [-0.3, -0.25) is 4.79 Å². The van der Waals surface area contributed by atoms with E-state index in [4.69, 9.17) is 9.47 Å². The normalized spacial score (nSPS) is 15.4. The molecule has 2 aromatic rings. The molecule has 2 atom stereocenters. The van der Waals surface area contributed by atoms with Crippen LogP contribution in [0.3, 0.4) is 0 Å². The van der Waals surface area contributed by atoms with Crippen LogP contribution in [-0.2, 0) is 4.79 Å². The smallest absolute Gasteiger partial charge is 0.221 e. The number of rotatable bonds is 5. The third-order valence-corrected chi connectivity index (χ3v) is 4.30. The third kappa shape index (κ3) is 3.88. The lowest BCUT2D eigenvalue weighted by Gasteiger charge is -2.21. The standard InChI is InChI=1S/C20H23NO3/c1-14(16-6-4-3-5-7-16)12-20(22)21-15(2)17-8-9-18-19(13-17)24-11-10-23-18/h3-9,13-15H,10-12H2,1-2H3,(H,21,22)/t14-,15-/m0/s1. The molecule has 1 amide bonds. The van der Waals surface area contributed by atoms with Crippen molar-refractivity contribution in [3.8, 4) is 11.5 Å². The van der Waals surface area contributed by atoms with Crippen molar-refractivity contribution < 1.29 is 14.3 Å². The molecule has 1 aliphatic heterocycles. The summed E-state index contributed by atoms with van der Waals surface area (Å²) in [6, 6.07) is 15.8. The van der Waals surface area contributed by atoms with Crippen LogP contribution in [0.4, 0.5) is 0 Å². The minimum absolute atomic E-state index is 0.0498. The second-order valence-electron chi connectivity index (χ2n) is 6.21. The van der Waals surface area contributed by atoms with Crippen molar-refractivity contribution in [1.29, 1.82) is 0 Å². The lowest BCUT2D eigenvalue weighted by Crippen LogP contribution is -2.27. The van der Waals surface area contributed by atoms with Crippen molar-refractivity contribution in [1.82, 2.24) is 5.32 Å². The Morgan fingerprint density at radius 1 is 1.00 bits per heavy atom. The zero-order valence-electron chi connectivity index (χ0n) is 14.1. The van der Waals surface area contributed by atoms with Gasteiger partial charge in [0, 0.05) is 6.42 Å². The number of nitrogens with one attached hydrogen (secondary N) is 1. The van der Waals surface area contributed by atoms with Gasteiger partial charge in [0.05, 0.1) is 6.04 Å². The molecule has 0 aromatic heterocycles. The van der Waals surface area contributed by atoms with E-state index in [1.807, 2.05) is 43.3 Å². The Kier molecular flexibility index (Phi) is 5.04. The minimum Gasteiger partial charge on any atom is -0.486 e. The SMILES string of the molecule is C[C@H](NC(=O)C[C@H](C)c1ccccc1)c1ccc2c(c1)OCCO2. The molecule has 3 rings (SSSR count). The van der Waals surface area contributed by atoms with Gasteiger partial charge in [-0.2, -0.15) is 0 Å². The molecule has 1 N–H and O–H groups in total. The molecule has 0 radical (unpaired) electrons. The van der Waals surface area contributed by atoms with Gasteiger partial charge >= 0.3 is 0 Å². The van der Waals surface area contributed by atoms with Crippen molar-refractivity contribution in [3.05, 3.63) is 59.7 Å². The Morgan fingerprint density at radius 3 is 2.46 bits per heavy atom. The molecule has 4 nitrogen and oxygen atoms in total. The summed E-state index contributed by atoms with van der Waals surface area (Å²) < 4.78 is 11.1. The van der Waals surface area contributed by atoms with Crippen LogP contribution in [0.5, 0.6) is 11.5 Å². The largest absolute Gasteiger partial charge is 0.486 e. The molecule has 24 heavy (non-hydrogen) atoms. The van der Waals surface area contributed by atoms with E-state index in [1.54, 1.807) is 0 Å². The molecule has 4 heteroatoms. The Labute approximate surface area is 142 Å². The van der Waals surface area contributed by atoms with Crippen LogP contribution >= 0.6 is 0 Å². The van der Waals surface area contributed by atoms with Gasteiger partial charge in [-0.05, 0) is 36.1 Å². The highest BCUT2D eigenvalue weighted by molar-refractivity contribution is 5.77. The zero-order valence-corrected chi connectivity index (χ0v) is 14.1. The maximum Gasteiger partial charge on any atom is 0.221 e. The van der Waals surface area contributed by atoms with E-state index in [2.05, 4.69) is 24.4 Å². The fraction of sp³-hybridized carbons (Fsp3) is 0.350. The van der Waals surface area contributed by atoms with E-state index in [1.165, 1.54) is 5.56 Å². The van der Waals surface area contributed by atoms with Crippen LogP contribution in [0.2, 0.25) is 0 Å². The summed E-state index contributed by atoms with van der Waals surface area (Å²) in [5.41, 5.74) is 2.19. The Bertz CT molecular complexity index is 699. The van der Waals surface area contributed by atoms with Gasteiger partial charge in [-0.15, -0.1) is 0 Å². The summed E-state index contributed by atoms with van der Waals surface area (Å²) in [4.78, 5) is 12.3. The fourth-order valence-corrected chi connectivity index (χ4v) is 2.89. The predicted octanol–water partition coefficient (Wildman–Crippen LogP) is 3.83. The van der Waals surface area contributed by atoms with Crippen molar-refractivity contribution >= 4 is 5.91 Å². The molecule has 0 aliphatic carbocycles. The van der Waals surface area contributed by atoms with Crippen LogP contribution in [-0.4, -0.2) is 19.1 Å². The van der Waals surface area contributed by atoms with Crippen LogP contribution < -0.4 is 14.8 Å². The van der Waals surface area contributed by atoms with Crippen molar-refractivity contribution in [2.24, 2.45) is 0 Å². The van der Waals surface area contributed by atoms with Gasteiger partial charge < -0.3 is 14.8 Å². The van der Waals surface area contributed by atoms with E-state index in [0.29, 0.717) is 19.6 Å². The van der Waals surface area contributed by atoms with E-state index < -0.39 is 0 Å². The second kappa shape index (κ2) is 7.39. The van der Waals surface area contributed by atoms with E-state index in [9.17, 15) is 4.79 Å². The van der Waals surface area contributed by atoms with E-state index >= 15 is 0 Å². The molecular formula is C20H23NO3. The highest BCUT2D eigenvalue weighted by atomic mass is 16.6. The maximum atomic E-state index is 12.3. The van der Waals surface area contributed by atoms with Gasteiger partial charge in [-0.1, -0.05) is 43.3 Å². The highest BCUT2D eigenvalue weighted by Gasteiger charge is 2.17. The quantitative estimate of drug-likeness (QED) is 0.909. The van der Waals surface area contributed by atoms with Crippen LogP contribution in [0, 0.1) is 0 Å². The molecule has 0 bridgehead atoms. The summed E-state index contributed by atoms with van der Waals surface area (Å²) in [5, 5.41) is 3.07. The molecule has 1 aliphatic rings. The summed E-state index contributed by atoms with van der Waals surface area (Å²) in [5.74, 6) is 1.76. The molecule has 0 spiro atoms. The Hall–Kier alpha value is -2.49. The molecular weight excluding hydrogens is 302 g/mol. The van der Waals surface area contributed by atoms with Gasteiger partial charge in [-0.25, -0.2) is 0 Å². The summed E-state index contributed by atoms with van der Waals surface area (Å²) >= 11 is 0. The highest BCUT2D eigenvalue weighted by Crippen LogP contribution is 2.32. The number of carbonyl (C=O) groups is 1. The molecule has 0 unspecified atom stereocenters. The van der Waals surface area contributed by atoms with Crippen LogP contribution in [0.1, 0.15) is 43.4 Å². The van der Waals surface area contributed by atoms with Gasteiger partial charge in [0.15, 0.2) is 11.5 Å². The fourth-order valence-electron chi connectivity index (χ4n) is 2.89. The Balaban J connectivity index is 1.60. The molecule has 1 heterocycles. The lowest BCUT2D eigenvalue weighted by atomic mass is 9.97. The monoisotopic (exact) mass is 325 g/mol. The van der Waals surface area contributed by atoms with Crippen molar-refractivity contribution in [2.75, 3.05) is 13.2 Å². The van der Waals surface area contributed by atoms with E-state index in [-0.39, 0.29) is 17.9 Å². The molecule has 0 saturated carbocycles. The summed E-state index contributed by atoms with van der Waals surface area (Å²) in [6.45, 7) is 5.20. The first-order chi connectivity index (χ1) is 11.6. The maximum absolute atomic E-state index is 12.3. The number of amides is 1. The predicted molar refractivity (Wildman–Crippen MR) is 93.5 cm³/mol. The minimum atomic E-state index is -0.0729. The number of ether oxygens (including phenoxy) is 2. The zero-order chi connectivity index (χ0) is 16.9. The average molecular weight is 325 g/mol. The van der Waals surface area contributed by atoms with Crippen LogP contribution in [0.15, 0.2) is 48.5 Å². The topological polar surface area (TPSA) is 47.6 Å². The van der Waals surface area contributed by atoms with Crippen molar-refractivity contribution in [2.45, 2.75) is 32.2 Å². The first-order valence-corrected chi connectivity index (χ1v) is 8.37. The lowest BCUT2D eigenvalue weighted by molar-refractivity contribution is -0.122. The van der Waals surface area contributed by atoms with Crippen LogP contribution in [0.25, 0.3) is 0 Å². The first kappa shape index (κ1) is 16.4. The third-order valence-electron chi connectivity index (χ3n) is 4.30. The summed E-state index contributed by atoms with van der Waals surface area (Å²) in [7, 11) is 0. The molecule has 2 aromatic carbocycles. The molecule has 126 valence electrons. The Morgan fingerprint density at radius 2 is 1.71 bits per heavy atom. The van der Waals surface area contributed by atoms with Gasteiger partial charge in [0.1, 0.15) is 13.2 Å². The number of hydrogen-bond donors (Lipinski definition) is 1. The second-order valence-corrected chi connectivity index (χ2v) is 6.21. The van der Waals surface area contributed by atoms with Gasteiger partial charge in [0.25, 0.3) is 0 Å². The molecule has 0 saturated heterocycles. The number of benzene rings is 2. The number of carbonyl (C=O) groups excluding carboxylic acids is 1. The number of fused-ring (bicyclic) bond motifs is 1. The van der Waals surface area contributed by atoms with E-state index in [0.717, 1.165) is 17.1 Å². The van der Waals surface area contributed by atoms with Crippen molar-refractivity contribution in [3.63, 3.8) is 0 Å². The average Bonchev–Trinajstić information content (AvgIpc) is 2.61. The first-order valence-electron chi connectivity index (χ1n) is 8.37. The van der Waals surface area contributed by atoms with Gasteiger partial charge in [0.2, 0.25) is 5.91 Å². The summed E-state index contributed by atoms with van der Waals surface area (Å²) in [6.07, 6.45) is 0.471.